The number of aromatic nitrogens is 5. The zero-order valence-electron chi connectivity index (χ0n) is 20.9. The molecular weight excluding hydrogens is 428 g/mol. The molecular formula is C26H38N6O2. The lowest BCUT2D eigenvalue weighted by molar-refractivity contribution is 0.118. The number of aliphatic hydroxyl groups excluding tert-OH is 1. The second-order valence-corrected chi connectivity index (χ2v) is 10.2. The standard InChI is InChI=1S/C26H38N6O2/c1-17(2)24(25-28-29-30-32(25)22-9-6-5-7-10-22)31(11-8-12-33)16-21-15-20-14-18(3)13-19(4)23(20)27-26(21)34/h13-15,17,22,24,33H,5-12,16H2,1-4H3,(H,27,34)/t24-/m0/s1. The molecule has 0 spiro atoms. The molecule has 1 atom stereocenters. The molecule has 0 radical (unpaired) electrons. The van der Waals surface area contributed by atoms with Crippen LogP contribution in [0.25, 0.3) is 10.9 Å². The zero-order chi connectivity index (χ0) is 24.2. The largest absolute Gasteiger partial charge is 0.396 e. The number of aryl methyl sites for hydroxylation is 2. The van der Waals surface area contributed by atoms with Crippen LogP contribution in [0.3, 0.4) is 0 Å². The zero-order valence-corrected chi connectivity index (χ0v) is 20.9. The van der Waals surface area contributed by atoms with E-state index in [0.717, 1.165) is 40.7 Å². The molecule has 2 aromatic heterocycles. The summed E-state index contributed by atoms with van der Waals surface area (Å²) in [5, 5.41) is 23.6. The van der Waals surface area contributed by atoms with Crippen LogP contribution in [0.1, 0.15) is 87.0 Å². The average Bonchev–Trinajstić information content (AvgIpc) is 3.28. The molecule has 8 nitrogen and oxygen atoms in total. The third kappa shape index (κ3) is 5.23. The van der Waals surface area contributed by atoms with Gasteiger partial charge in [-0.2, -0.15) is 0 Å². The van der Waals surface area contributed by atoms with Crippen molar-refractivity contribution < 1.29 is 5.11 Å². The van der Waals surface area contributed by atoms with Gasteiger partial charge in [0.2, 0.25) is 0 Å². The Morgan fingerprint density at radius 3 is 2.65 bits per heavy atom. The van der Waals surface area contributed by atoms with E-state index in [0.29, 0.717) is 25.6 Å². The van der Waals surface area contributed by atoms with Crippen molar-refractivity contribution in [3.63, 3.8) is 0 Å². The van der Waals surface area contributed by atoms with Gasteiger partial charge < -0.3 is 10.1 Å². The van der Waals surface area contributed by atoms with Gasteiger partial charge in [0, 0.05) is 25.3 Å². The first kappa shape index (κ1) is 24.5. The highest BCUT2D eigenvalue weighted by atomic mass is 16.3. The third-order valence-corrected chi connectivity index (χ3v) is 7.08. The van der Waals surface area contributed by atoms with Crippen molar-refractivity contribution >= 4 is 10.9 Å². The molecule has 1 saturated carbocycles. The van der Waals surface area contributed by atoms with Gasteiger partial charge in [0.05, 0.1) is 17.6 Å². The summed E-state index contributed by atoms with van der Waals surface area (Å²) in [6.45, 7) is 9.67. The Hall–Kier alpha value is -2.58. The monoisotopic (exact) mass is 466 g/mol. The van der Waals surface area contributed by atoms with Crippen LogP contribution in [0.15, 0.2) is 23.0 Å². The van der Waals surface area contributed by atoms with Gasteiger partial charge in [-0.3, -0.25) is 9.69 Å². The molecule has 2 heterocycles. The highest BCUT2D eigenvalue weighted by molar-refractivity contribution is 5.82. The fraction of sp³-hybridized carbons (Fsp3) is 0.615. The molecule has 184 valence electrons. The molecule has 0 saturated heterocycles. The van der Waals surface area contributed by atoms with Crippen molar-refractivity contribution in [2.75, 3.05) is 13.2 Å². The fourth-order valence-corrected chi connectivity index (χ4v) is 5.52. The maximum absolute atomic E-state index is 13.1. The highest BCUT2D eigenvalue weighted by Gasteiger charge is 2.32. The summed E-state index contributed by atoms with van der Waals surface area (Å²) >= 11 is 0. The Morgan fingerprint density at radius 2 is 1.94 bits per heavy atom. The molecule has 2 N–H and O–H groups in total. The van der Waals surface area contributed by atoms with E-state index in [-0.39, 0.29) is 24.1 Å². The van der Waals surface area contributed by atoms with Gasteiger partial charge >= 0.3 is 0 Å². The van der Waals surface area contributed by atoms with Crippen molar-refractivity contribution in [2.24, 2.45) is 5.92 Å². The first-order valence-corrected chi connectivity index (χ1v) is 12.6. The van der Waals surface area contributed by atoms with Gasteiger partial charge in [-0.05, 0) is 72.5 Å². The SMILES string of the molecule is Cc1cc(C)c2[nH]c(=O)c(CN(CCCO)[C@H](c3nnnn3C3CCCCC3)C(C)C)cc2c1. The lowest BCUT2D eigenvalue weighted by atomic mass is 9.94. The minimum Gasteiger partial charge on any atom is -0.396 e. The number of tetrazole rings is 1. The molecule has 0 bridgehead atoms. The van der Waals surface area contributed by atoms with E-state index in [9.17, 15) is 9.90 Å². The number of aliphatic hydroxyl groups is 1. The molecule has 1 aromatic carbocycles. The van der Waals surface area contributed by atoms with E-state index in [4.69, 9.17) is 0 Å². The number of hydrogen-bond acceptors (Lipinski definition) is 6. The molecule has 0 unspecified atom stereocenters. The number of aromatic amines is 1. The minimum absolute atomic E-state index is 0.0576. The van der Waals surface area contributed by atoms with E-state index in [2.05, 4.69) is 58.3 Å². The summed E-state index contributed by atoms with van der Waals surface area (Å²) in [7, 11) is 0. The number of H-pyrrole nitrogens is 1. The Bertz CT molecular complexity index is 1160. The van der Waals surface area contributed by atoms with E-state index in [1.165, 1.54) is 24.8 Å². The molecule has 0 amide bonds. The number of rotatable bonds is 9. The fourth-order valence-electron chi connectivity index (χ4n) is 5.52. The quantitative estimate of drug-likeness (QED) is 0.490. The number of benzene rings is 1. The summed E-state index contributed by atoms with van der Waals surface area (Å²) in [6, 6.07) is 6.49. The average molecular weight is 467 g/mol. The second-order valence-electron chi connectivity index (χ2n) is 10.2. The highest BCUT2D eigenvalue weighted by Crippen LogP contribution is 2.34. The van der Waals surface area contributed by atoms with Gasteiger partial charge in [-0.1, -0.05) is 44.7 Å². The van der Waals surface area contributed by atoms with Gasteiger partial charge in [0.25, 0.3) is 5.56 Å². The van der Waals surface area contributed by atoms with Gasteiger partial charge in [-0.25, -0.2) is 4.68 Å². The molecule has 3 aromatic rings. The number of nitrogens with zero attached hydrogens (tertiary/aromatic N) is 5. The summed E-state index contributed by atoms with van der Waals surface area (Å²) < 4.78 is 2.03. The topological polar surface area (TPSA) is 99.9 Å². The van der Waals surface area contributed by atoms with Crippen LogP contribution in [0.4, 0.5) is 0 Å². The smallest absolute Gasteiger partial charge is 0.252 e. The predicted octanol–water partition coefficient (Wildman–Crippen LogP) is 4.22. The lowest BCUT2D eigenvalue weighted by Crippen LogP contribution is -2.37. The first-order chi connectivity index (χ1) is 16.4. The number of hydrogen-bond donors (Lipinski definition) is 2. The Morgan fingerprint density at radius 1 is 1.18 bits per heavy atom. The van der Waals surface area contributed by atoms with Crippen molar-refractivity contribution in [1.82, 2.24) is 30.1 Å². The molecule has 1 aliphatic rings. The van der Waals surface area contributed by atoms with Crippen LogP contribution in [-0.2, 0) is 6.54 Å². The van der Waals surface area contributed by atoms with Crippen LogP contribution >= 0.6 is 0 Å². The van der Waals surface area contributed by atoms with E-state index < -0.39 is 0 Å². The minimum atomic E-state index is -0.0668. The summed E-state index contributed by atoms with van der Waals surface area (Å²) in [6.07, 6.45) is 6.50. The Labute approximate surface area is 201 Å². The van der Waals surface area contributed by atoms with Crippen molar-refractivity contribution in [1.29, 1.82) is 0 Å². The van der Waals surface area contributed by atoms with Crippen LogP contribution in [-0.4, -0.2) is 48.3 Å². The van der Waals surface area contributed by atoms with Crippen molar-refractivity contribution in [3.8, 4) is 0 Å². The molecule has 4 rings (SSSR count). The van der Waals surface area contributed by atoms with Crippen LogP contribution in [0.5, 0.6) is 0 Å². The summed E-state index contributed by atoms with van der Waals surface area (Å²) in [5.74, 6) is 1.10. The Balaban J connectivity index is 1.71. The van der Waals surface area contributed by atoms with E-state index in [1.807, 2.05) is 17.7 Å². The lowest BCUT2D eigenvalue weighted by Gasteiger charge is -2.34. The normalized spacial score (nSPS) is 16.1. The summed E-state index contributed by atoms with van der Waals surface area (Å²) in [5.41, 5.74) is 3.79. The molecule has 1 aliphatic carbocycles. The third-order valence-electron chi connectivity index (χ3n) is 7.08. The molecule has 34 heavy (non-hydrogen) atoms. The number of pyridine rings is 1. The first-order valence-electron chi connectivity index (χ1n) is 12.6. The van der Waals surface area contributed by atoms with Crippen LogP contribution in [0, 0.1) is 19.8 Å². The maximum Gasteiger partial charge on any atom is 0.252 e. The van der Waals surface area contributed by atoms with Crippen molar-refractivity contribution in [2.45, 2.75) is 84.8 Å². The van der Waals surface area contributed by atoms with Gasteiger partial charge in [0.1, 0.15) is 0 Å². The van der Waals surface area contributed by atoms with Crippen LogP contribution in [0.2, 0.25) is 0 Å². The van der Waals surface area contributed by atoms with Gasteiger partial charge in [0.15, 0.2) is 5.82 Å². The second kappa shape index (κ2) is 10.8. The van der Waals surface area contributed by atoms with Crippen molar-refractivity contribution in [3.05, 3.63) is 51.1 Å². The summed E-state index contributed by atoms with van der Waals surface area (Å²) in [4.78, 5) is 18.5. The number of nitrogens with one attached hydrogen (secondary N) is 1. The predicted molar refractivity (Wildman–Crippen MR) is 134 cm³/mol. The van der Waals surface area contributed by atoms with E-state index in [1.54, 1.807) is 0 Å². The van der Waals surface area contributed by atoms with Crippen LogP contribution < -0.4 is 5.56 Å². The Kier molecular flexibility index (Phi) is 7.78. The molecule has 1 fully saturated rings. The molecule has 0 aliphatic heterocycles. The van der Waals surface area contributed by atoms with Gasteiger partial charge in [-0.15, -0.1) is 5.10 Å². The molecule has 8 heteroatoms. The van der Waals surface area contributed by atoms with E-state index >= 15 is 0 Å². The number of fused-ring (bicyclic) bond motifs is 1. The maximum atomic E-state index is 13.1.